The number of aliphatic hydroxyl groups is 1. The Morgan fingerprint density at radius 2 is 1.93 bits per heavy atom. The fourth-order valence-electron chi connectivity index (χ4n) is 4.72. The van der Waals surface area contributed by atoms with Crippen molar-refractivity contribution in [1.29, 1.82) is 0 Å². The second kappa shape index (κ2) is 8.48. The molecular weight excluding hydrogens is 378 g/mol. The first kappa shape index (κ1) is 20.4. The maximum Gasteiger partial charge on any atom is 0.317 e. The number of nitrogens with zero attached hydrogens (tertiary/aromatic N) is 2. The maximum absolute atomic E-state index is 12.7. The van der Waals surface area contributed by atoms with Gasteiger partial charge in [0.25, 0.3) is 0 Å². The van der Waals surface area contributed by atoms with Crippen LogP contribution in [0.3, 0.4) is 0 Å². The summed E-state index contributed by atoms with van der Waals surface area (Å²) in [6, 6.07) is 16.2. The van der Waals surface area contributed by atoms with E-state index in [1.165, 1.54) is 11.1 Å². The summed E-state index contributed by atoms with van der Waals surface area (Å²) in [6.45, 7) is 5.16. The van der Waals surface area contributed by atoms with Crippen molar-refractivity contribution in [1.82, 2.24) is 15.1 Å². The molecule has 2 aromatic carbocycles. The minimum atomic E-state index is -0.229. The van der Waals surface area contributed by atoms with Gasteiger partial charge in [0.2, 0.25) is 5.91 Å². The van der Waals surface area contributed by atoms with E-state index in [-0.39, 0.29) is 43.1 Å². The van der Waals surface area contributed by atoms with Gasteiger partial charge < -0.3 is 20.2 Å². The predicted molar refractivity (Wildman–Crippen MR) is 116 cm³/mol. The van der Waals surface area contributed by atoms with Crippen molar-refractivity contribution in [3.63, 3.8) is 0 Å². The molecule has 30 heavy (non-hydrogen) atoms. The Kier molecular flexibility index (Phi) is 5.77. The lowest BCUT2D eigenvalue weighted by Crippen LogP contribution is -2.73. The number of rotatable bonds is 5. The molecular formula is C24H29N3O3. The number of carbonyl (C=O) groups is 2. The molecule has 2 aromatic rings. The lowest BCUT2D eigenvalue weighted by molar-refractivity contribution is -0.159. The Morgan fingerprint density at radius 3 is 2.60 bits per heavy atom. The van der Waals surface area contributed by atoms with E-state index in [1.807, 2.05) is 6.92 Å². The lowest BCUT2D eigenvalue weighted by atomic mass is 9.73. The molecule has 2 saturated heterocycles. The topological polar surface area (TPSA) is 72.9 Å². The number of hydrogen-bond acceptors (Lipinski definition) is 3. The van der Waals surface area contributed by atoms with Gasteiger partial charge >= 0.3 is 6.03 Å². The van der Waals surface area contributed by atoms with Crippen LogP contribution in [0.4, 0.5) is 4.79 Å². The van der Waals surface area contributed by atoms with Crippen molar-refractivity contribution in [3.8, 4) is 11.1 Å². The summed E-state index contributed by atoms with van der Waals surface area (Å²) in [7, 11) is 0. The molecule has 0 unspecified atom stereocenters. The lowest BCUT2D eigenvalue weighted by Gasteiger charge is -2.58. The SMILES string of the molecule is CCCNC(=O)N1CC(=O)N2[C@H](C1)[C@@H](c1ccc(-c3cccc(C)c3)cc1)[C@@H]2CO. The molecule has 2 heterocycles. The smallest absolute Gasteiger partial charge is 0.317 e. The van der Waals surface area contributed by atoms with Gasteiger partial charge in [0.15, 0.2) is 0 Å². The molecule has 0 aliphatic carbocycles. The number of aliphatic hydroxyl groups excluding tert-OH is 1. The van der Waals surface area contributed by atoms with Crippen LogP contribution in [0.1, 0.15) is 30.4 Å². The summed E-state index contributed by atoms with van der Waals surface area (Å²) in [5.41, 5.74) is 4.62. The van der Waals surface area contributed by atoms with E-state index in [0.29, 0.717) is 13.1 Å². The van der Waals surface area contributed by atoms with Gasteiger partial charge in [-0.15, -0.1) is 0 Å². The van der Waals surface area contributed by atoms with Crippen molar-refractivity contribution in [2.75, 3.05) is 26.2 Å². The molecule has 0 aromatic heterocycles. The third-order valence-corrected chi connectivity index (χ3v) is 6.21. The van der Waals surface area contributed by atoms with E-state index in [1.54, 1.807) is 9.80 Å². The number of amides is 3. The molecule has 2 fully saturated rings. The Bertz CT molecular complexity index is 928. The zero-order chi connectivity index (χ0) is 21.3. The first-order valence-corrected chi connectivity index (χ1v) is 10.6. The van der Waals surface area contributed by atoms with Gasteiger partial charge in [-0.3, -0.25) is 4.79 Å². The number of nitrogens with one attached hydrogen (secondary N) is 1. The van der Waals surface area contributed by atoms with Crippen LogP contribution in [0.5, 0.6) is 0 Å². The molecule has 0 spiro atoms. The number of piperazine rings is 1. The number of aryl methyl sites for hydroxylation is 1. The van der Waals surface area contributed by atoms with Gasteiger partial charge in [0.1, 0.15) is 6.54 Å². The first-order chi connectivity index (χ1) is 14.5. The highest BCUT2D eigenvalue weighted by Gasteiger charge is 2.54. The minimum Gasteiger partial charge on any atom is -0.394 e. The molecule has 3 amide bonds. The number of hydrogen-bond donors (Lipinski definition) is 2. The largest absolute Gasteiger partial charge is 0.394 e. The fraction of sp³-hybridized carbons (Fsp3) is 0.417. The van der Waals surface area contributed by atoms with E-state index in [0.717, 1.165) is 17.5 Å². The molecule has 0 bridgehead atoms. The van der Waals surface area contributed by atoms with E-state index in [4.69, 9.17) is 0 Å². The molecule has 3 atom stereocenters. The van der Waals surface area contributed by atoms with Gasteiger partial charge in [-0.05, 0) is 30.0 Å². The highest BCUT2D eigenvalue weighted by atomic mass is 16.3. The van der Waals surface area contributed by atoms with Gasteiger partial charge in [-0.1, -0.05) is 61.0 Å². The van der Waals surface area contributed by atoms with Crippen LogP contribution in [0.25, 0.3) is 11.1 Å². The number of benzene rings is 2. The van der Waals surface area contributed by atoms with Crippen molar-refractivity contribution in [2.45, 2.75) is 38.3 Å². The van der Waals surface area contributed by atoms with E-state index in [2.05, 4.69) is 60.8 Å². The van der Waals surface area contributed by atoms with Gasteiger partial charge in [0.05, 0.1) is 18.7 Å². The highest BCUT2D eigenvalue weighted by Crippen LogP contribution is 2.43. The summed E-state index contributed by atoms with van der Waals surface area (Å²) >= 11 is 0. The van der Waals surface area contributed by atoms with Crippen molar-refractivity contribution in [3.05, 3.63) is 59.7 Å². The number of carbonyl (C=O) groups excluding carboxylic acids is 2. The molecule has 2 N–H and O–H groups in total. The first-order valence-electron chi connectivity index (χ1n) is 10.6. The molecule has 2 aliphatic rings. The van der Waals surface area contributed by atoms with Crippen LogP contribution >= 0.6 is 0 Å². The molecule has 4 rings (SSSR count). The summed E-state index contributed by atoms with van der Waals surface area (Å²) < 4.78 is 0. The molecule has 6 heteroatoms. The van der Waals surface area contributed by atoms with Crippen LogP contribution in [-0.4, -0.2) is 65.2 Å². The Balaban J connectivity index is 1.54. The predicted octanol–water partition coefficient (Wildman–Crippen LogP) is 2.75. The van der Waals surface area contributed by atoms with Crippen LogP contribution in [0, 0.1) is 6.92 Å². The van der Waals surface area contributed by atoms with Gasteiger partial charge in [-0.25, -0.2) is 4.79 Å². The van der Waals surface area contributed by atoms with Crippen molar-refractivity contribution < 1.29 is 14.7 Å². The van der Waals surface area contributed by atoms with E-state index < -0.39 is 0 Å². The normalized spacial score (nSPS) is 23.0. The monoisotopic (exact) mass is 407 g/mol. The summed E-state index contributed by atoms with van der Waals surface area (Å²) in [5.74, 6) is -0.0723. The molecule has 0 saturated carbocycles. The Hall–Kier alpha value is -2.86. The van der Waals surface area contributed by atoms with Crippen molar-refractivity contribution >= 4 is 11.9 Å². The standard InChI is InChI=1S/C24H29N3O3/c1-3-11-25-24(30)26-13-20-23(21(15-28)27(20)22(29)14-26)18-9-7-17(8-10-18)19-6-4-5-16(2)12-19/h4-10,12,20-21,23,28H,3,11,13-15H2,1-2H3,(H,25,30)/t20-,21+,23-/m1/s1. The van der Waals surface area contributed by atoms with E-state index >= 15 is 0 Å². The number of fused-ring (bicyclic) bond motifs is 1. The molecule has 2 aliphatic heterocycles. The fourth-order valence-corrected chi connectivity index (χ4v) is 4.72. The van der Waals surface area contributed by atoms with Crippen molar-refractivity contribution in [2.24, 2.45) is 0 Å². The maximum atomic E-state index is 12.7. The minimum absolute atomic E-state index is 0.0206. The summed E-state index contributed by atoms with van der Waals surface area (Å²) in [6.07, 6.45) is 0.853. The second-order valence-electron chi connectivity index (χ2n) is 8.25. The third kappa shape index (κ3) is 3.67. The Labute approximate surface area is 177 Å². The Morgan fingerprint density at radius 1 is 1.17 bits per heavy atom. The average molecular weight is 408 g/mol. The van der Waals surface area contributed by atoms with Crippen LogP contribution in [0.2, 0.25) is 0 Å². The zero-order valence-corrected chi connectivity index (χ0v) is 17.5. The van der Waals surface area contributed by atoms with Crippen LogP contribution in [-0.2, 0) is 4.79 Å². The van der Waals surface area contributed by atoms with Gasteiger partial charge in [0, 0.05) is 19.0 Å². The molecule has 0 radical (unpaired) electrons. The van der Waals surface area contributed by atoms with E-state index in [9.17, 15) is 14.7 Å². The average Bonchev–Trinajstić information content (AvgIpc) is 2.73. The van der Waals surface area contributed by atoms with Gasteiger partial charge in [-0.2, -0.15) is 0 Å². The van der Waals surface area contributed by atoms with Crippen LogP contribution < -0.4 is 5.32 Å². The van der Waals surface area contributed by atoms with Crippen LogP contribution in [0.15, 0.2) is 48.5 Å². The third-order valence-electron chi connectivity index (χ3n) is 6.21. The zero-order valence-electron chi connectivity index (χ0n) is 17.5. The second-order valence-corrected chi connectivity index (χ2v) is 8.25. The molecule has 158 valence electrons. The summed E-state index contributed by atoms with van der Waals surface area (Å²) in [4.78, 5) is 28.4. The summed E-state index contributed by atoms with van der Waals surface area (Å²) in [5, 5.41) is 12.8. The quantitative estimate of drug-likeness (QED) is 0.801. The molecule has 6 nitrogen and oxygen atoms in total. The highest BCUT2D eigenvalue weighted by molar-refractivity contribution is 5.87. The number of urea groups is 1.